The van der Waals surface area contributed by atoms with E-state index in [0.29, 0.717) is 24.1 Å². The lowest BCUT2D eigenvalue weighted by Crippen LogP contribution is -2.02. The number of phenols is 1. The molecule has 15 heavy (non-hydrogen) atoms. The average Bonchev–Trinajstić information content (AvgIpc) is 3.01. The number of ether oxygens (including phenoxy) is 1. The maximum atomic E-state index is 9.81. The van der Waals surface area contributed by atoms with Crippen LogP contribution >= 0.6 is 15.9 Å². The molecule has 0 spiro atoms. The highest BCUT2D eigenvalue weighted by Gasteiger charge is 2.38. The Morgan fingerprint density at radius 3 is 2.87 bits per heavy atom. The lowest BCUT2D eigenvalue weighted by atomic mass is 10.1. The van der Waals surface area contributed by atoms with Crippen LogP contribution in [0.3, 0.4) is 0 Å². The van der Waals surface area contributed by atoms with Gasteiger partial charge in [-0.1, -0.05) is 6.07 Å². The largest absolute Gasteiger partial charge is 0.503 e. The first-order chi connectivity index (χ1) is 7.19. The summed E-state index contributed by atoms with van der Waals surface area (Å²) >= 11 is 3.40. The summed E-state index contributed by atoms with van der Waals surface area (Å²) in [7, 11) is 1.54. The predicted octanol–water partition coefficient (Wildman–Crippen LogP) is 2.23. The van der Waals surface area contributed by atoms with E-state index in [0.717, 1.165) is 16.5 Å². The van der Waals surface area contributed by atoms with Gasteiger partial charge in [0.15, 0.2) is 11.5 Å². The topological polar surface area (TPSA) is 55.5 Å². The average molecular weight is 272 g/mol. The van der Waals surface area contributed by atoms with Gasteiger partial charge in [-0.25, -0.2) is 0 Å². The zero-order valence-corrected chi connectivity index (χ0v) is 10.1. The Hall–Kier alpha value is -0.740. The SMILES string of the molecule is COc1ccc([C@@H]2C[C@H]2CN)c(Br)c1O. The molecule has 2 rings (SSSR count). The number of hydrogen-bond donors (Lipinski definition) is 2. The fourth-order valence-corrected chi connectivity index (χ4v) is 2.52. The van der Waals surface area contributed by atoms with Gasteiger partial charge in [0.25, 0.3) is 0 Å². The van der Waals surface area contributed by atoms with Crippen molar-refractivity contribution in [1.82, 2.24) is 0 Å². The summed E-state index contributed by atoms with van der Waals surface area (Å²) in [5.41, 5.74) is 6.73. The first-order valence-corrected chi connectivity index (χ1v) is 5.73. The maximum Gasteiger partial charge on any atom is 0.172 e. The van der Waals surface area contributed by atoms with Crippen LogP contribution in [0.4, 0.5) is 0 Å². The molecule has 1 aliphatic rings. The Morgan fingerprint density at radius 2 is 2.33 bits per heavy atom. The molecule has 0 aliphatic heterocycles. The van der Waals surface area contributed by atoms with E-state index < -0.39 is 0 Å². The monoisotopic (exact) mass is 271 g/mol. The van der Waals surface area contributed by atoms with Crippen molar-refractivity contribution in [2.75, 3.05) is 13.7 Å². The Kier molecular flexibility index (Phi) is 2.89. The van der Waals surface area contributed by atoms with E-state index in [4.69, 9.17) is 10.5 Å². The minimum absolute atomic E-state index is 0.178. The van der Waals surface area contributed by atoms with Crippen LogP contribution in [0.15, 0.2) is 16.6 Å². The van der Waals surface area contributed by atoms with Gasteiger partial charge in [0, 0.05) is 0 Å². The molecule has 1 saturated carbocycles. The molecular formula is C11H14BrNO2. The van der Waals surface area contributed by atoms with Crippen LogP contribution < -0.4 is 10.5 Å². The zero-order chi connectivity index (χ0) is 11.0. The Morgan fingerprint density at radius 1 is 1.60 bits per heavy atom. The third kappa shape index (κ3) is 1.84. The van der Waals surface area contributed by atoms with Crippen molar-refractivity contribution in [2.24, 2.45) is 11.7 Å². The van der Waals surface area contributed by atoms with E-state index in [1.54, 1.807) is 13.2 Å². The van der Waals surface area contributed by atoms with Gasteiger partial charge < -0.3 is 15.6 Å². The Labute approximate surface area is 97.4 Å². The van der Waals surface area contributed by atoms with Crippen molar-refractivity contribution in [3.63, 3.8) is 0 Å². The zero-order valence-electron chi connectivity index (χ0n) is 8.53. The van der Waals surface area contributed by atoms with E-state index in [9.17, 15) is 5.11 Å². The highest BCUT2D eigenvalue weighted by atomic mass is 79.9. The fourth-order valence-electron chi connectivity index (χ4n) is 1.90. The lowest BCUT2D eigenvalue weighted by Gasteiger charge is -2.09. The molecule has 0 aromatic heterocycles. The first kappa shape index (κ1) is 10.8. The Balaban J connectivity index is 2.31. The van der Waals surface area contributed by atoms with Crippen molar-refractivity contribution in [3.05, 3.63) is 22.2 Å². The van der Waals surface area contributed by atoms with Crippen LogP contribution in [-0.2, 0) is 0 Å². The maximum absolute atomic E-state index is 9.81. The van der Waals surface area contributed by atoms with Gasteiger partial charge in [0.2, 0.25) is 0 Å². The van der Waals surface area contributed by atoms with Crippen LogP contribution in [0.2, 0.25) is 0 Å². The molecule has 3 N–H and O–H groups in total. The number of benzene rings is 1. The fraction of sp³-hybridized carbons (Fsp3) is 0.455. The summed E-state index contributed by atoms with van der Waals surface area (Å²) in [6.07, 6.45) is 1.11. The van der Waals surface area contributed by atoms with Crippen LogP contribution in [0.5, 0.6) is 11.5 Å². The summed E-state index contributed by atoms with van der Waals surface area (Å²) in [5, 5.41) is 9.81. The third-order valence-corrected chi connectivity index (χ3v) is 3.79. The number of methoxy groups -OCH3 is 1. The van der Waals surface area contributed by atoms with Gasteiger partial charge in [-0.15, -0.1) is 0 Å². The molecule has 1 aliphatic carbocycles. The van der Waals surface area contributed by atoms with Crippen LogP contribution in [-0.4, -0.2) is 18.8 Å². The number of halogens is 1. The number of rotatable bonds is 3. The molecule has 0 bridgehead atoms. The molecule has 1 fully saturated rings. The minimum atomic E-state index is 0.178. The van der Waals surface area contributed by atoms with Crippen LogP contribution in [0.25, 0.3) is 0 Å². The molecule has 0 unspecified atom stereocenters. The summed E-state index contributed by atoms with van der Waals surface area (Å²) in [6.45, 7) is 0.712. The van der Waals surface area contributed by atoms with Gasteiger partial charge in [0.1, 0.15) is 0 Å². The van der Waals surface area contributed by atoms with Gasteiger partial charge in [-0.3, -0.25) is 0 Å². The number of phenolic OH excluding ortho intramolecular Hbond substituents is 1. The van der Waals surface area contributed by atoms with Crippen molar-refractivity contribution >= 4 is 15.9 Å². The molecule has 1 aromatic rings. The molecule has 82 valence electrons. The molecule has 0 radical (unpaired) electrons. The second kappa shape index (κ2) is 4.02. The highest BCUT2D eigenvalue weighted by Crippen LogP contribution is 2.51. The first-order valence-electron chi connectivity index (χ1n) is 4.94. The predicted molar refractivity (Wildman–Crippen MR) is 62.3 cm³/mol. The summed E-state index contributed by atoms with van der Waals surface area (Å²) in [4.78, 5) is 0. The number of nitrogens with two attached hydrogens (primary N) is 1. The smallest absolute Gasteiger partial charge is 0.172 e. The van der Waals surface area contributed by atoms with E-state index in [2.05, 4.69) is 15.9 Å². The molecule has 3 nitrogen and oxygen atoms in total. The lowest BCUT2D eigenvalue weighted by molar-refractivity contribution is 0.371. The quantitative estimate of drug-likeness (QED) is 0.887. The van der Waals surface area contributed by atoms with Crippen LogP contribution in [0.1, 0.15) is 17.9 Å². The second-order valence-electron chi connectivity index (χ2n) is 3.86. The van der Waals surface area contributed by atoms with Crippen molar-refractivity contribution < 1.29 is 9.84 Å². The molecule has 0 heterocycles. The van der Waals surface area contributed by atoms with E-state index in [1.165, 1.54) is 0 Å². The Bertz CT molecular complexity index is 381. The normalized spacial score (nSPS) is 23.9. The molecule has 1 aromatic carbocycles. The third-order valence-electron chi connectivity index (χ3n) is 2.95. The van der Waals surface area contributed by atoms with E-state index in [-0.39, 0.29) is 5.75 Å². The van der Waals surface area contributed by atoms with Crippen LogP contribution in [0, 0.1) is 5.92 Å². The standard InChI is InChI=1S/C11H14BrNO2/c1-15-9-3-2-7(10(12)11(9)14)8-4-6(8)5-13/h2-3,6,8,14H,4-5,13H2,1H3/t6-,8+/m0/s1. The minimum Gasteiger partial charge on any atom is -0.503 e. The van der Waals surface area contributed by atoms with E-state index in [1.807, 2.05) is 6.07 Å². The number of hydrogen-bond acceptors (Lipinski definition) is 3. The molecule has 2 atom stereocenters. The number of aromatic hydroxyl groups is 1. The van der Waals surface area contributed by atoms with Gasteiger partial charge in [-0.2, -0.15) is 0 Å². The summed E-state index contributed by atoms with van der Waals surface area (Å²) in [6, 6.07) is 3.78. The summed E-state index contributed by atoms with van der Waals surface area (Å²) in [5.74, 6) is 1.73. The molecule has 4 heteroatoms. The van der Waals surface area contributed by atoms with Crippen molar-refractivity contribution in [1.29, 1.82) is 0 Å². The van der Waals surface area contributed by atoms with Gasteiger partial charge >= 0.3 is 0 Å². The summed E-state index contributed by atoms with van der Waals surface area (Å²) < 4.78 is 5.77. The molecular weight excluding hydrogens is 258 g/mol. The van der Waals surface area contributed by atoms with E-state index >= 15 is 0 Å². The van der Waals surface area contributed by atoms with Crippen molar-refractivity contribution in [2.45, 2.75) is 12.3 Å². The van der Waals surface area contributed by atoms with Gasteiger partial charge in [-0.05, 0) is 52.4 Å². The second-order valence-corrected chi connectivity index (χ2v) is 4.65. The van der Waals surface area contributed by atoms with Gasteiger partial charge in [0.05, 0.1) is 11.6 Å². The van der Waals surface area contributed by atoms with Crippen molar-refractivity contribution in [3.8, 4) is 11.5 Å². The highest BCUT2D eigenvalue weighted by molar-refractivity contribution is 9.10. The molecule has 0 amide bonds. The molecule has 0 saturated heterocycles.